The van der Waals surface area contributed by atoms with E-state index in [2.05, 4.69) is 15.4 Å². The van der Waals surface area contributed by atoms with Gasteiger partial charge in [0.25, 0.3) is 0 Å². The molecule has 0 bridgehead atoms. The molecule has 1 aromatic heterocycles. The Balaban J connectivity index is 1.58. The number of carbonyl (C=O) groups is 1. The van der Waals surface area contributed by atoms with Crippen LogP contribution in [0.3, 0.4) is 0 Å². The van der Waals surface area contributed by atoms with Crippen molar-refractivity contribution in [1.82, 2.24) is 14.8 Å². The number of para-hydroxylation sites is 1. The lowest BCUT2D eigenvalue weighted by Crippen LogP contribution is -2.32. The first-order chi connectivity index (χ1) is 17.0. The number of methoxy groups -OCH3 is 1. The summed E-state index contributed by atoms with van der Waals surface area (Å²) >= 11 is 12.9. The second kappa shape index (κ2) is 8.45. The summed E-state index contributed by atoms with van der Waals surface area (Å²) in [4.78, 5) is 16.4. The quantitative estimate of drug-likeness (QED) is 0.348. The van der Waals surface area contributed by atoms with Gasteiger partial charge in [-0.2, -0.15) is 10.1 Å². The normalized spacial score (nSPS) is 18.0. The molecule has 0 saturated carbocycles. The number of esters is 1. The van der Waals surface area contributed by atoms with Crippen LogP contribution in [0.4, 0.5) is 5.95 Å². The highest BCUT2D eigenvalue weighted by Gasteiger charge is 2.41. The molecule has 7 nitrogen and oxygen atoms in total. The predicted molar refractivity (Wildman–Crippen MR) is 133 cm³/mol. The zero-order valence-corrected chi connectivity index (χ0v) is 19.9. The molecule has 6 rings (SSSR count). The number of benzene rings is 3. The fourth-order valence-corrected chi connectivity index (χ4v) is 5.14. The number of nitrogens with one attached hydrogen (secondary N) is 1. The molecule has 1 N–H and O–H groups in total. The monoisotopic (exact) mass is 504 g/mol. The number of aromatic nitrogens is 3. The van der Waals surface area contributed by atoms with Crippen LogP contribution in [0.15, 0.2) is 78.6 Å². The van der Waals surface area contributed by atoms with Gasteiger partial charge in [-0.15, -0.1) is 0 Å². The molecule has 2 aliphatic rings. The van der Waals surface area contributed by atoms with Crippen molar-refractivity contribution in [2.45, 2.75) is 12.1 Å². The lowest BCUT2D eigenvalue weighted by atomic mass is 9.84. The molecule has 3 heterocycles. The SMILES string of the molecule is COC(=O)c1ccc([C@H]2Oc3ccccc3C3=C2[C@@H](c2ccc(Cl)cc2Cl)n2ncnc2N3)cc1. The molecule has 35 heavy (non-hydrogen) atoms. The van der Waals surface area contributed by atoms with Crippen molar-refractivity contribution in [2.75, 3.05) is 12.4 Å². The van der Waals surface area contributed by atoms with Crippen molar-refractivity contribution < 1.29 is 14.3 Å². The van der Waals surface area contributed by atoms with E-state index in [4.69, 9.17) is 32.7 Å². The van der Waals surface area contributed by atoms with Crippen molar-refractivity contribution in [2.24, 2.45) is 0 Å². The van der Waals surface area contributed by atoms with Gasteiger partial charge >= 0.3 is 5.97 Å². The van der Waals surface area contributed by atoms with E-state index in [1.165, 1.54) is 13.4 Å². The Labute approximate surface area is 210 Å². The Bertz CT molecular complexity index is 1500. The molecule has 0 unspecified atom stereocenters. The molecule has 0 spiro atoms. The van der Waals surface area contributed by atoms with E-state index in [1.807, 2.05) is 42.5 Å². The van der Waals surface area contributed by atoms with Crippen LogP contribution in [0, 0.1) is 0 Å². The largest absolute Gasteiger partial charge is 0.480 e. The number of halogens is 2. The van der Waals surface area contributed by atoms with Crippen LogP contribution in [0.2, 0.25) is 10.0 Å². The van der Waals surface area contributed by atoms with E-state index in [0.717, 1.165) is 33.7 Å². The first-order valence-electron chi connectivity index (χ1n) is 10.8. The Morgan fingerprint density at radius 3 is 2.66 bits per heavy atom. The predicted octanol–water partition coefficient (Wildman–Crippen LogP) is 5.93. The molecule has 0 radical (unpaired) electrons. The highest BCUT2D eigenvalue weighted by molar-refractivity contribution is 6.35. The molecule has 0 amide bonds. The fraction of sp³-hybridized carbons (Fsp3) is 0.115. The molecule has 0 fully saturated rings. The van der Waals surface area contributed by atoms with Gasteiger partial charge in [0.05, 0.1) is 18.4 Å². The van der Waals surface area contributed by atoms with Gasteiger partial charge in [-0.05, 0) is 47.5 Å². The van der Waals surface area contributed by atoms with Gasteiger partial charge in [0.15, 0.2) is 0 Å². The summed E-state index contributed by atoms with van der Waals surface area (Å²) in [6, 6.07) is 20.0. The Hall–Kier alpha value is -3.81. The molecule has 0 saturated heterocycles. The van der Waals surface area contributed by atoms with Crippen LogP contribution in [0.1, 0.15) is 39.2 Å². The van der Waals surface area contributed by atoms with Crippen LogP contribution in [-0.4, -0.2) is 27.8 Å². The number of rotatable bonds is 3. The summed E-state index contributed by atoms with van der Waals surface area (Å²) in [7, 11) is 1.36. The first-order valence-corrected chi connectivity index (χ1v) is 11.6. The second-order valence-corrected chi connectivity index (χ2v) is 9.00. The van der Waals surface area contributed by atoms with Crippen molar-refractivity contribution in [3.8, 4) is 5.75 Å². The molecule has 3 aromatic carbocycles. The minimum Gasteiger partial charge on any atom is -0.480 e. The number of carbonyl (C=O) groups excluding carboxylic acids is 1. The lowest BCUT2D eigenvalue weighted by Gasteiger charge is -2.39. The highest BCUT2D eigenvalue weighted by atomic mass is 35.5. The molecule has 0 aliphatic carbocycles. The van der Waals surface area contributed by atoms with E-state index < -0.39 is 18.1 Å². The van der Waals surface area contributed by atoms with Crippen LogP contribution < -0.4 is 10.1 Å². The fourth-order valence-electron chi connectivity index (χ4n) is 4.63. The summed E-state index contributed by atoms with van der Waals surface area (Å²) in [6.45, 7) is 0. The first kappa shape index (κ1) is 21.7. The third-order valence-corrected chi connectivity index (χ3v) is 6.78. The van der Waals surface area contributed by atoms with Crippen LogP contribution in [-0.2, 0) is 4.74 Å². The van der Waals surface area contributed by atoms with Crippen LogP contribution in [0.5, 0.6) is 5.75 Å². The Morgan fingerprint density at radius 2 is 1.89 bits per heavy atom. The summed E-state index contributed by atoms with van der Waals surface area (Å²) in [6.07, 6.45) is 1.01. The number of hydrogen-bond donors (Lipinski definition) is 1. The van der Waals surface area contributed by atoms with Crippen molar-refractivity contribution >= 4 is 40.8 Å². The lowest BCUT2D eigenvalue weighted by molar-refractivity contribution is 0.0600. The summed E-state index contributed by atoms with van der Waals surface area (Å²) in [5.74, 6) is 0.926. The number of nitrogens with zero attached hydrogens (tertiary/aromatic N) is 3. The van der Waals surface area contributed by atoms with Crippen LogP contribution in [0.25, 0.3) is 5.70 Å². The smallest absolute Gasteiger partial charge is 0.337 e. The molecule has 174 valence electrons. The Kier molecular flexibility index (Phi) is 5.24. The molecule has 4 aromatic rings. The molecular formula is C26H18Cl2N4O3. The van der Waals surface area contributed by atoms with Gasteiger partial charge in [-0.25, -0.2) is 9.48 Å². The molecular weight excluding hydrogens is 487 g/mol. The second-order valence-electron chi connectivity index (χ2n) is 8.16. The number of ether oxygens (including phenoxy) is 2. The minimum atomic E-state index is -0.492. The van der Waals surface area contributed by atoms with E-state index in [9.17, 15) is 4.79 Å². The minimum absolute atomic E-state index is 0.399. The van der Waals surface area contributed by atoms with E-state index in [0.29, 0.717) is 21.6 Å². The maximum Gasteiger partial charge on any atom is 0.337 e. The van der Waals surface area contributed by atoms with Gasteiger partial charge in [0, 0.05) is 21.2 Å². The van der Waals surface area contributed by atoms with Crippen LogP contribution >= 0.6 is 23.2 Å². The summed E-state index contributed by atoms with van der Waals surface area (Å²) in [5, 5.41) is 9.01. The number of hydrogen-bond acceptors (Lipinski definition) is 6. The average molecular weight is 505 g/mol. The highest BCUT2D eigenvalue weighted by Crippen LogP contribution is 2.51. The van der Waals surface area contributed by atoms with E-state index >= 15 is 0 Å². The third-order valence-electron chi connectivity index (χ3n) is 6.21. The van der Waals surface area contributed by atoms with Gasteiger partial charge in [-0.1, -0.05) is 53.5 Å². The zero-order chi connectivity index (χ0) is 24.1. The average Bonchev–Trinajstić information content (AvgIpc) is 3.35. The zero-order valence-electron chi connectivity index (χ0n) is 18.4. The standard InChI is InChI=1S/C26H18Cl2N4O3/c1-34-25(33)15-8-6-14(7-9-15)24-21-22(18-4-2-3-5-20(18)35-24)31-26-29-13-30-32(26)23(21)17-11-10-16(27)12-19(17)28/h2-13,23-24H,1H3,(H,29,30,31)/t23-,24-/m1/s1. The maximum absolute atomic E-state index is 12.0. The number of anilines is 1. The molecule has 2 aliphatic heterocycles. The van der Waals surface area contributed by atoms with Crippen molar-refractivity contribution in [3.05, 3.63) is 111 Å². The molecule has 2 atom stereocenters. The van der Waals surface area contributed by atoms with Crippen molar-refractivity contribution in [3.63, 3.8) is 0 Å². The maximum atomic E-state index is 12.0. The molecule has 9 heteroatoms. The van der Waals surface area contributed by atoms with Gasteiger partial charge in [0.2, 0.25) is 5.95 Å². The van der Waals surface area contributed by atoms with Crippen molar-refractivity contribution in [1.29, 1.82) is 0 Å². The van der Waals surface area contributed by atoms with E-state index in [1.54, 1.807) is 28.9 Å². The van der Waals surface area contributed by atoms with Gasteiger partial charge in [0.1, 0.15) is 24.2 Å². The summed E-state index contributed by atoms with van der Waals surface area (Å²) in [5.41, 5.74) is 4.84. The third kappa shape index (κ3) is 3.55. The summed E-state index contributed by atoms with van der Waals surface area (Å²) < 4.78 is 13.2. The number of fused-ring (bicyclic) bond motifs is 3. The Morgan fingerprint density at radius 1 is 1.09 bits per heavy atom. The van der Waals surface area contributed by atoms with Gasteiger partial charge < -0.3 is 14.8 Å². The van der Waals surface area contributed by atoms with Gasteiger partial charge in [-0.3, -0.25) is 0 Å². The van der Waals surface area contributed by atoms with E-state index in [-0.39, 0.29) is 0 Å². The topological polar surface area (TPSA) is 78.3 Å².